The Kier molecular flexibility index (Phi) is 7.44. The average Bonchev–Trinajstić information content (AvgIpc) is 2.54. The largest absolute Gasteiger partial charge is 0.490 e. The van der Waals surface area contributed by atoms with Crippen LogP contribution in [-0.4, -0.2) is 24.6 Å². The Morgan fingerprint density at radius 3 is 2.52 bits per heavy atom. The molecule has 0 aliphatic heterocycles. The zero-order valence-electron chi connectivity index (χ0n) is 14.0. The molecule has 3 heteroatoms. The Hall–Kier alpha value is -1.51. The summed E-state index contributed by atoms with van der Waals surface area (Å²) in [6.07, 6.45) is 3.43. The van der Waals surface area contributed by atoms with Crippen molar-refractivity contribution in [1.82, 2.24) is 4.90 Å². The summed E-state index contributed by atoms with van der Waals surface area (Å²) in [6, 6.07) is 18.2. The van der Waals surface area contributed by atoms with Gasteiger partial charge in [-0.15, -0.1) is 0 Å². The minimum atomic E-state index is 0.233. The molecule has 0 fully saturated rings. The Balaban J connectivity index is 1.84. The second-order valence-corrected chi connectivity index (χ2v) is 6.43. The molecule has 2 aromatic rings. The predicted molar refractivity (Wildman–Crippen MR) is 98.2 cm³/mol. The highest BCUT2D eigenvalue weighted by molar-refractivity contribution is 6.30. The number of ether oxygens (including phenoxy) is 1. The van der Waals surface area contributed by atoms with Crippen molar-refractivity contribution in [3.8, 4) is 5.75 Å². The van der Waals surface area contributed by atoms with E-state index in [1.807, 2.05) is 24.3 Å². The van der Waals surface area contributed by atoms with Crippen LogP contribution in [0.25, 0.3) is 0 Å². The third-order valence-corrected chi connectivity index (χ3v) is 4.07. The first-order valence-electron chi connectivity index (χ1n) is 8.32. The zero-order chi connectivity index (χ0) is 16.5. The van der Waals surface area contributed by atoms with Crippen LogP contribution in [0, 0.1) is 0 Å². The van der Waals surface area contributed by atoms with Crippen LogP contribution in [0.5, 0.6) is 5.75 Å². The Bertz CT molecular complexity index is 573. The molecule has 0 spiro atoms. The molecule has 0 N–H and O–H groups in total. The standard InChI is InChI=1S/C20H26ClNO/c1-3-8-19(23-20-12-7-11-18(21)15-20)13-14-22(2)16-17-9-5-4-6-10-17/h4-7,9-12,15,19H,3,8,13-14,16H2,1-2H3. The van der Waals surface area contributed by atoms with Gasteiger partial charge in [0.1, 0.15) is 5.75 Å². The van der Waals surface area contributed by atoms with Gasteiger partial charge in [-0.2, -0.15) is 0 Å². The molecule has 2 aromatic carbocycles. The molecular formula is C20H26ClNO. The van der Waals surface area contributed by atoms with Gasteiger partial charge < -0.3 is 9.64 Å². The highest BCUT2D eigenvalue weighted by Gasteiger charge is 2.11. The SMILES string of the molecule is CCCC(CCN(C)Cc1ccccc1)Oc1cccc(Cl)c1. The Morgan fingerprint density at radius 2 is 1.83 bits per heavy atom. The lowest BCUT2D eigenvalue weighted by atomic mass is 10.1. The van der Waals surface area contributed by atoms with Gasteiger partial charge in [0.05, 0.1) is 6.10 Å². The van der Waals surface area contributed by atoms with Crippen molar-refractivity contribution in [3.63, 3.8) is 0 Å². The molecule has 124 valence electrons. The summed E-state index contributed by atoms with van der Waals surface area (Å²) in [6.45, 7) is 4.18. The molecule has 0 radical (unpaired) electrons. The fraction of sp³-hybridized carbons (Fsp3) is 0.400. The van der Waals surface area contributed by atoms with Crippen LogP contribution in [0.3, 0.4) is 0 Å². The second-order valence-electron chi connectivity index (χ2n) is 6.00. The van der Waals surface area contributed by atoms with Crippen molar-refractivity contribution < 1.29 is 4.74 Å². The maximum Gasteiger partial charge on any atom is 0.121 e. The van der Waals surface area contributed by atoms with Gasteiger partial charge in [0, 0.05) is 18.1 Å². The highest BCUT2D eigenvalue weighted by atomic mass is 35.5. The summed E-state index contributed by atoms with van der Waals surface area (Å²) >= 11 is 6.03. The van der Waals surface area contributed by atoms with E-state index in [0.717, 1.165) is 43.1 Å². The van der Waals surface area contributed by atoms with Gasteiger partial charge in [0.15, 0.2) is 0 Å². The van der Waals surface area contributed by atoms with Crippen LogP contribution < -0.4 is 4.74 Å². The van der Waals surface area contributed by atoms with Gasteiger partial charge in [-0.1, -0.05) is 61.3 Å². The third kappa shape index (κ3) is 6.64. The molecule has 0 saturated heterocycles. The van der Waals surface area contributed by atoms with Crippen molar-refractivity contribution in [3.05, 3.63) is 65.2 Å². The molecule has 0 aromatic heterocycles. The van der Waals surface area contributed by atoms with E-state index >= 15 is 0 Å². The van der Waals surface area contributed by atoms with Gasteiger partial charge in [0.2, 0.25) is 0 Å². The molecule has 0 heterocycles. The van der Waals surface area contributed by atoms with E-state index in [2.05, 4.69) is 49.2 Å². The third-order valence-electron chi connectivity index (χ3n) is 3.84. The molecular weight excluding hydrogens is 306 g/mol. The molecule has 23 heavy (non-hydrogen) atoms. The quantitative estimate of drug-likeness (QED) is 0.609. The average molecular weight is 332 g/mol. The molecule has 0 aliphatic carbocycles. The van der Waals surface area contributed by atoms with E-state index in [1.165, 1.54) is 5.56 Å². The normalized spacial score (nSPS) is 12.3. The summed E-state index contributed by atoms with van der Waals surface area (Å²) in [5.74, 6) is 0.863. The molecule has 2 nitrogen and oxygen atoms in total. The van der Waals surface area contributed by atoms with Crippen molar-refractivity contribution in [1.29, 1.82) is 0 Å². The van der Waals surface area contributed by atoms with Crippen LogP contribution in [0.15, 0.2) is 54.6 Å². The summed E-state index contributed by atoms with van der Waals surface area (Å²) in [5, 5.41) is 0.721. The molecule has 2 rings (SSSR count). The number of nitrogens with zero attached hydrogens (tertiary/aromatic N) is 1. The Morgan fingerprint density at radius 1 is 1.04 bits per heavy atom. The monoisotopic (exact) mass is 331 g/mol. The second kappa shape index (κ2) is 9.59. The van der Waals surface area contributed by atoms with E-state index < -0.39 is 0 Å². The highest BCUT2D eigenvalue weighted by Crippen LogP contribution is 2.21. The molecule has 0 bridgehead atoms. The number of rotatable bonds is 9. The first-order valence-corrected chi connectivity index (χ1v) is 8.70. The van der Waals surface area contributed by atoms with Crippen molar-refractivity contribution >= 4 is 11.6 Å². The number of hydrogen-bond donors (Lipinski definition) is 0. The molecule has 0 amide bonds. The smallest absolute Gasteiger partial charge is 0.121 e. The minimum absolute atomic E-state index is 0.233. The van der Waals surface area contributed by atoms with E-state index in [0.29, 0.717) is 0 Å². The Labute approximate surface area is 145 Å². The van der Waals surface area contributed by atoms with Gasteiger partial charge in [0.25, 0.3) is 0 Å². The van der Waals surface area contributed by atoms with Gasteiger partial charge >= 0.3 is 0 Å². The van der Waals surface area contributed by atoms with Gasteiger partial charge in [-0.05, 0) is 43.7 Å². The van der Waals surface area contributed by atoms with Crippen molar-refractivity contribution in [2.75, 3.05) is 13.6 Å². The van der Waals surface area contributed by atoms with E-state index in [4.69, 9.17) is 16.3 Å². The van der Waals surface area contributed by atoms with Crippen LogP contribution in [0.4, 0.5) is 0 Å². The lowest BCUT2D eigenvalue weighted by Gasteiger charge is -2.23. The summed E-state index contributed by atoms with van der Waals surface area (Å²) in [7, 11) is 2.16. The first-order chi connectivity index (χ1) is 11.2. The fourth-order valence-electron chi connectivity index (χ4n) is 2.66. The maximum atomic E-state index is 6.13. The first kappa shape index (κ1) is 17.8. The summed E-state index contributed by atoms with van der Waals surface area (Å²) in [4.78, 5) is 2.35. The van der Waals surface area contributed by atoms with Crippen LogP contribution in [0.1, 0.15) is 31.7 Å². The molecule has 1 unspecified atom stereocenters. The minimum Gasteiger partial charge on any atom is -0.490 e. The number of hydrogen-bond acceptors (Lipinski definition) is 2. The lowest BCUT2D eigenvalue weighted by Crippen LogP contribution is -2.26. The van der Waals surface area contributed by atoms with Crippen molar-refractivity contribution in [2.24, 2.45) is 0 Å². The topological polar surface area (TPSA) is 12.5 Å². The fourth-order valence-corrected chi connectivity index (χ4v) is 2.84. The van der Waals surface area contributed by atoms with Crippen LogP contribution >= 0.6 is 11.6 Å². The van der Waals surface area contributed by atoms with Gasteiger partial charge in [-0.3, -0.25) is 0 Å². The number of benzene rings is 2. The van der Waals surface area contributed by atoms with E-state index in [1.54, 1.807) is 0 Å². The summed E-state index contributed by atoms with van der Waals surface area (Å²) in [5.41, 5.74) is 1.35. The van der Waals surface area contributed by atoms with Crippen LogP contribution in [-0.2, 0) is 6.54 Å². The summed E-state index contributed by atoms with van der Waals surface area (Å²) < 4.78 is 6.13. The van der Waals surface area contributed by atoms with Gasteiger partial charge in [-0.25, -0.2) is 0 Å². The molecule has 1 atom stereocenters. The van der Waals surface area contributed by atoms with Crippen molar-refractivity contribution in [2.45, 2.75) is 38.8 Å². The molecule has 0 aliphatic rings. The van der Waals surface area contributed by atoms with E-state index in [9.17, 15) is 0 Å². The number of halogens is 1. The lowest BCUT2D eigenvalue weighted by molar-refractivity contribution is 0.159. The van der Waals surface area contributed by atoms with Crippen LogP contribution in [0.2, 0.25) is 5.02 Å². The van der Waals surface area contributed by atoms with E-state index in [-0.39, 0.29) is 6.10 Å². The predicted octanol–water partition coefficient (Wildman–Crippen LogP) is 5.41. The zero-order valence-corrected chi connectivity index (χ0v) is 14.8. The maximum absolute atomic E-state index is 6.13. The molecule has 0 saturated carbocycles.